The van der Waals surface area contributed by atoms with Gasteiger partial charge in [0, 0.05) is 0 Å². The number of alkyl halides is 1. The van der Waals surface area contributed by atoms with Crippen LogP contribution in [-0.2, 0) is 0 Å². The zero-order valence-electron chi connectivity index (χ0n) is 15.0. The molecule has 0 aromatic heterocycles. The van der Waals surface area contributed by atoms with Crippen molar-refractivity contribution >= 4 is 35.2 Å². The smallest absolute Gasteiger partial charge is 0.000473 e. The van der Waals surface area contributed by atoms with Crippen molar-refractivity contribution in [1.82, 2.24) is 0 Å². The van der Waals surface area contributed by atoms with Crippen LogP contribution >= 0.6 is 35.2 Å². The van der Waals surface area contributed by atoms with Crippen molar-refractivity contribution < 1.29 is 0 Å². The number of unbranched alkanes of at least 4 members (excludes halogenated alkanes) is 17. The first-order chi connectivity index (χ1) is 10.9. The molecule has 0 aromatic carbocycles. The molecule has 0 amide bonds. The minimum absolute atomic E-state index is 1.07. The average Bonchev–Trinajstić information content (AvgIpc) is 2.54. The van der Waals surface area contributed by atoms with Crippen LogP contribution in [0.25, 0.3) is 0 Å². The Morgan fingerprint density at radius 1 is 0.364 bits per heavy atom. The second kappa shape index (κ2) is 22.1. The number of hydrogen-bond acceptors (Lipinski definition) is 1. The second-order valence-corrected chi connectivity index (χ2v) is 8.30. The topological polar surface area (TPSA) is 0 Å². The molecule has 0 aliphatic heterocycles. The van der Waals surface area contributed by atoms with Gasteiger partial charge in [0.05, 0.1) is 0 Å². The molecule has 0 radical (unpaired) electrons. The first kappa shape index (κ1) is 23.1. The third kappa shape index (κ3) is 21.1. The molecule has 2 heteroatoms. The van der Waals surface area contributed by atoms with E-state index < -0.39 is 0 Å². The molecule has 0 aliphatic carbocycles. The van der Waals surface area contributed by atoms with Crippen LogP contribution in [0.2, 0.25) is 0 Å². The first-order valence-corrected chi connectivity index (χ1v) is 12.2. The van der Waals surface area contributed by atoms with Crippen LogP contribution in [0.3, 0.4) is 0 Å². The zero-order valence-corrected chi connectivity index (χ0v) is 18.0. The Kier molecular flexibility index (Phi) is 23.2. The normalized spacial score (nSPS) is 11.2. The predicted molar refractivity (Wildman–Crippen MR) is 116 cm³/mol. The van der Waals surface area contributed by atoms with E-state index in [9.17, 15) is 0 Å². The van der Waals surface area contributed by atoms with Crippen molar-refractivity contribution in [2.75, 3.05) is 10.2 Å². The summed E-state index contributed by atoms with van der Waals surface area (Å²) in [6.07, 6.45) is 26.2. The molecule has 0 N–H and O–H groups in total. The minimum atomic E-state index is 1.07. The molecule has 0 aliphatic rings. The molecule has 0 fully saturated rings. The molecule has 0 saturated heterocycles. The van der Waals surface area contributed by atoms with Gasteiger partial charge in [-0.3, -0.25) is 0 Å². The molecule has 0 spiro atoms. The molecule has 0 aromatic rings. The van der Waals surface area contributed by atoms with Gasteiger partial charge in [0.1, 0.15) is 0 Å². The van der Waals surface area contributed by atoms with Gasteiger partial charge in [0.25, 0.3) is 0 Å². The van der Waals surface area contributed by atoms with Crippen molar-refractivity contribution in [3.63, 3.8) is 0 Å². The Bertz CT molecular complexity index is 165. The summed E-state index contributed by atoms with van der Waals surface area (Å²) in [6.45, 7) is 0. The van der Waals surface area contributed by atoms with Crippen LogP contribution < -0.4 is 0 Å². The van der Waals surface area contributed by atoms with Gasteiger partial charge in [0.15, 0.2) is 0 Å². The van der Waals surface area contributed by atoms with Gasteiger partial charge in [0.2, 0.25) is 0 Å². The molecule has 0 rings (SSSR count). The number of halogens is 1. The largest absolute Gasteiger partial charge is 0.179 e. The Morgan fingerprint density at radius 3 is 0.818 bits per heavy atom. The fourth-order valence-electron chi connectivity index (χ4n) is 3.03. The third-order valence-corrected chi connectivity index (χ3v) is 5.62. The van der Waals surface area contributed by atoms with Crippen LogP contribution in [-0.4, -0.2) is 10.2 Å². The van der Waals surface area contributed by atoms with Gasteiger partial charge in [-0.2, -0.15) is 12.6 Å². The van der Waals surface area contributed by atoms with Gasteiger partial charge < -0.3 is 0 Å². The lowest BCUT2D eigenvalue weighted by Gasteiger charge is -2.03. The Morgan fingerprint density at radius 2 is 0.591 bits per heavy atom. The maximum atomic E-state index is 4.26. The molecule has 0 atom stereocenters. The number of rotatable bonds is 19. The van der Waals surface area contributed by atoms with E-state index >= 15 is 0 Å². The molecule has 0 nitrogen and oxygen atoms in total. The average molecular weight is 441 g/mol. The van der Waals surface area contributed by atoms with Crippen LogP contribution in [0.4, 0.5) is 0 Å². The Balaban J connectivity index is 2.91. The summed E-state index contributed by atoms with van der Waals surface area (Å²) in [6, 6.07) is 0. The molecule has 22 heavy (non-hydrogen) atoms. The summed E-state index contributed by atoms with van der Waals surface area (Å²) < 4.78 is 1.34. The highest BCUT2D eigenvalue weighted by Gasteiger charge is 1.94. The molecule has 0 saturated carbocycles. The summed E-state index contributed by atoms with van der Waals surface area (Å²) in [5.74, 6) is 1.07. The standard InChI is InChI=1S/C20H41IS/c21-19-17-15-13-11-9-7-5-3-1-2-4-6-8-10-12-14-16-18-20-22/h22H,1-20H2. The monoisotopic (exact) mass is 440 g/mol. The Labute approximate surface area is 160 Å². The quantitative estimate of drug-likeness (QED) is 0.0887. The van der Waals surface area contributed by atoms with Gasteiger partial charge in [-0.05, 0) is 23.0 Å². The first-order valence-electron chi connectivity index (χ1n) is 10.1. The summed E-state index contributed by atoms with van der Waals surface area (Å²) in [5.41, 5.74) is 0. The molecular formula is C20H41IS. The van der Waals surface area contributed by atoms with Gasteiger partial charge in [-0.15, -0.1) is 0 Å². The van der Waals surface area contributed by atoms with Crippen molar-refractivity contribution in [2.24, 2.45) is 0 Å². The highest BCUT2D eigenvalue weighted by molar-refractivity contribution is 14.1. The molecule has 0 bridgehead atoms. The van der Waals surface area contributed by atoms with E-state index in [-0.39, 0.29) is 0 Å². The summed E-state index contributed by atoms with van der Waals surface area (Å²) in [4.78, 5) is 0. The lowest BCUT2D eigenvalue weighted by atomic mass is 10.0. The van der Waals surface area contributed by atoms with Crippen molar-refractivity contribution in [1.29, 1.82) is 0 Å². The van der Waals surface area contributed by atoms with E-state index in [2.05, 4.69) is 35.2 Å². The molecule has 0 unspecified atom stereocenters. The molecular weight excluding hydrogens is 399 g/mol. The fourth-order valence-corrected chi connectivity index (χ4v) is 3.80. The molecule has 134 valence electrons. The fraction of sp³-hybridized carbons (Fsp3) is 1.00. The van der Waals surface area contributed by atoms with Crippen LogP contribution in [0, 0.1) is 0 Å². The van der Waals surface area contributed by atoms with Gasteiger partial charge >= 0.3 is 0 Å². The third-order valence-electron chi connectivity index (χ3n) is 4.54. The number of thiol groups is 1. The van der Waals surface area contributed by atoms with E-state index in [0.717, 1.165) is 5.75 Å². The van der Waals surface area contributed by atoms with E-state index in [1.165, 1.54) is 120 Å². The molecule has 0 heterocycles. The Hall–Kier alpha value is 1.08. The van der Waals surface area contributed by atoms with Crippen LogP contribution in [0.15, 0.2) is 0 Å². The van der Waals surface area contributed by atoms with Gasteiger partial charge in [-0.25, -0.2) is 0 Å². The van der Waals surface area contributed by atoms with E-state index in [4.69, 9.17) is 0 Å². The maximum Gasteiger partial charge on any atom is -0.000473 e. The van der Waals surface area contributed by atoms with Crippen molar-refractivity contribution in [2.45, 2.75) is 116 Å². The summed E-state index contributed by atoms with van der Waals surface area (Å²) in [7, 11) is 0. The SMILES string of the molecule is SCCCCCCCCCCCCCCCCCCCCI. The van der Waals surface area contributed by atoms with Crippen LogP contribution in [0.1, 0.15) is 116 Å². The minimum Gasteiger partial charge on any atom is -0.179 e. The predicted octanol–water partition coefficient (Wildman–Crippen LogP) is 8.37. The zero-order chi connectivity index (χ0) is 16.1. The highest BCUT2D eigenvalue weighted by atomic mass is 127. The van der Waals surface area contributed by atoms with Crippen molar-refractivity contribution in [3.8, 4) is 0 Å². The van der Waals surface area contributed by atoms with E-state index in [0.29, 0.717) is 0 Å². The number of hydrogen-bond donors (Lipinski definition) is 1. The van der Waals surface area contributed by atoms with Gasteiger partial charge in [-0.1, -0.05) is 125 Å². The van der Waals surface area contributed by atoms with Crippen LogP contribution in [0.5, 0.6) is 0 Å². The summed E-state index contributed by atoms with van der Waals surface area (Å²) in [5, 5.41) is 0. The second-order valence-electron chi connectivity index (χ2n) is 6.78. The maximum absolute atomic E-state index is 4.26. The summed E-state index contributed by atoms with van der Waals surface area (Å²) >= 11 is 6.74. The van der Waals surface area contributed by atoms with E-state index in [1.807, 2.05) is 0 Å². The van der Waals surface area contributed by atoms with Crippen molar-refractivity contribution in [3.05, 3.63) is 0 Å². The highest BCUT2D eigenvalue weighted by Crippen LogP contribution is 2.14. The lowest BCUT2D eigenvalue weighted by Crippen LogP contribution is -1.84. The lowest BCUT2D eigenvalue weighted by molar-refractivity contribution is 0.527. The van der Waals surface area contributed by atoms with E-state index in [1.54, 1.807) is 0 Å².